The molecule has 0 saturated carbocycles. The number of pyridine rings is 2. The highest BCUT2D eigenvalue weighted by Crippen LogP contribution is 2.38. The van der Waals surface area contributed by atoms with Gasteiger partial charge in [-0.15, -0.1) is 0 Å². The molecule has 1 aromatic carbocycles. The van der Waals surface area contributed by atoms with Crippen LogP contribution in [0.2, 0.25) is 0 Å². The fraction of sp³-hybridized carbons (Fsp3) is 0.280. The Labute approximate surface area is 211 Å². The fourth-order valence-electron chi connectivity index (χ4n) is 3.56. The van der Waals surface area contributed by atoms with Crippen LogP contribution in [-0.4, -0.2) is 37.4 Å². The first-order valence-electron chi connectivity index (χ1n) is 10.9. The van der Waals surface area contributed by atoms with E-state index in [9.17, 15) is 30.8 Å². The monoisotopic (exact) mass is 539 g/mol. The summed E-state index contributed by atoms with van der Waals surface area (Å²) in [5.74, 6) is -2.09. The molecule has 0 radical (unpaired) electrons. The topological polar surface area (TPSA) is 101 Å². The smallest absolute Gasteiger partial charge is 0.404 e. The zero-order chi connectivity index (χ0) is 27.6. The zero-order valence-electron chi connectivity index (χ0n) is 20.4. The molecule has 0 bridgehead atoms. The number of nitrogens with one attached hydrogen (secondary N) is 2. The summed E-state index contributed by atoms with van der Waals surface area (Å²) < 4.78 is 82.0. The number of methoxy groups -OCH3 is 1. The Morgan fingerprint density at radius 3 is 2.38 bits per heavy atom. The SMILES string of the molecule is COc1c(C=Cc2ccc(NS(=O)(=O)CC(F)(F)F)cn2)cc(-c2cc(F)c[nH]c2=O)cc1C(C)(C)C. The highest BCUT2D eigenvalue weighted by molar-refractivity contribution is 7.92. The molecule has 0 spiro atoms. The molecule has 0 aliphatic rings. The lowest BCUT2D eigenvalue weighted by Crippen LogP contribution is -2.27. The van der Waals surface area contributed by atoms with Crippen LogP contribution in [0.4, 0.5) is 23.2 Å². The van der Waals surface area contributed by atoms with Gasteiger partial charge in [-0.25, -0.2) is 12.8 Å². The van der Waals surface area contributed by atoms with E-state index in [4.69, 9.17) is 4.74 Å². The van der Waals surface area contributed by atoms with Crippen molar-refractivity contribution in [3.63, 3.8) is 0 Å². The molecule has 37 heavy (non-hydrogen) atoms. The van der Waals surface area contributed by atoms with Crippen molar-refractivity contribution in [2.24, 2.45) is 0 Å². The minimum atomic E-state index is -4.88. The van der Waals surface area contributed by atoms with Crippen molar-refractivity contribution in [1.82, 2.24) is 9.97 Å². The van der Waals surface area contributed by atoms with Gasteiger partial charge in [-0.3, -0.25) is 14.5 Å². The van der Waals surface area contributed by atoms with E-state index in [1.807, 2.05) is 25.5 Å². The maximum atomic E-state index is 13.9. The summed E-state index contributed by atoms with van der Waals surface area (Å²) in [4.78, 5) is 18.8. The van der Waals surface area contributed by atoms with E-state index in [0.717, 1.165) is 24.0 Å². The number of alkyl halides is 3. The van der Waals surface area contributed by atoms with Crippen molar-refractivity contribution < 1.29 is 30.7 Å². The van der Waals surface area contributed by atoms with Crippen molar-refractivity contribution in [3.05, 3.63) is 75.7 Å². The molecule has 12 heteroatoms. The number of hydrogen-bond acceptors (Lipinski definition) is 5. The Kier molecular flexibility index (Phi) is 7.82. The number of aromatic nitrogens is 2. The highest BCUT2D eigenvalue weighted by Gasteiger charge is 2.35. The zero-order valence-corrected chi connectivity index (χ0v) is 21.2. The van der Waals surface area contributed by atoms with E-state index in [2.05, 4.69) is 9.97 Å². The minimum Gasteiger partial charge on any atom is -0.496 e. The molecule has 198 valence electrons. The first-order chi connectivity index (χ1) is 17.1. The minimum absolute atomic E-state index is 0.124. The van der Waals surface area contributed by atoms with Crippen LogP contribution in [0.25, 0.3) is 23.3 Å². The number of hydrogen-bond donors (Lipinski definition) is 2. The van der Waals surface area contributed by atoms with Gasteiger partial charge in [0.15, 0.2) is 5.75 Å². The molecule has 0 atom stereocenters. The van der Waals surface area contributed by atoms with E-state index in [0.29, 0.717) is 22.6 Å². The quantitative estimate of drug-likeness (QED) is 0.394. The van der Waals surface area contributed by atoms with Gasteiger partial charge >= 0.3 is 6.18 Å². The fourth-order valence-corrected chi connectivity index (χ4v) is 4.54. The molecule has 3 rings (SSSR count). The Balaban J connectivity index is 1.99. The van der Waals surface area contributed by atoms with Gasteiger partial charge < -0.3 is 9.72 Å². The lowest BCUT2D eigenvalue weighted by molar-refractivity contribution is -0.106. The van der Waals surface area contributed by atoms with Crippen molar-refractivity contribution >= 4 is 27.9 Å². The number of nitrogens with zero attached hydrogens (tertiary/aromatic N) is 1. The summed E-state index contributed by atoms with van der Waals surface area (Å²) in [6.07, 6.45) is 0.421. The third-order valence-corrected chi connectivity index (χ3v) is 6.41. The summed E-state index contributed by atoms with van der Waals surface area (Å²) in [5, 5.41) is 0. The Hall–Kier alpha value is -3.67. The van der Waals surface area contributed by atoms with Crippen molar-refractivity contribution in [2.75, 3.05) is 17.6 Å². The molecule has 2 N–H and O–H groups in total. The molecule has 0 fully saturated rings. The molecule has 0 saturated heterocycles. The maximum absolute atomic E-state index is 13.9. The summed E-state index contributed by atoms with van der Waals surface area (Å²) >= 11 is 0. The molecule has 2 aromatic heterocycles. The van der Waals surface area contributed by atoms with Crippen molar-refractivity contribution in [1.29, 1.82) is 0 Å². The first kappa shape index (κ1) is 27.9. The average Bonchev–Trinajstić information content (AvgIpc) is 2.77. The Morgan fingerprint density at radius 2 is 1.81 bits per heavy atom. The second-order valence-electron chi connectivity index (χ2n) is 9.24. The number of benzene rings is 1. The third kappa shape index (κ3) is 7.42. The summed E-state index contributed by atoms with van der Waals surface area (Å²) in [6.45, 7) is 5.87. The Bertz CT molecular complexity index is 1470. The molecule has 0 unspecified atom stereocenters. The molecule has 3 aromatic rings. The standard InChI is InChI=1S/C25H25F4N3O4S/c1-24(2,3)21-10-16(20-11-17(26)12-31-23(20)33)9-15(22(21)36-4)5-6-18-7-8-19(13-30-18)32-37(34,35)14-25(27,28)29/h5-13,32H,14H2,1-4H3,(H,31,33). The molecule has 2 heterocycles. The maximum Gasteiger partial charge on any atom is 0.404 e. The number of halogens is 4. The van der Waals surface area contributed by atoms with Crippen LogP contribution in [0.5, 0.6) is 5.75 Å². The second-order valence-corrected chi connectivity index (χ2v) is 11.0. The lowest BCUT2D eigenvalue weighted by Gasteiger charge is -2.24. The van der Waals surface area contributed by atoms with Gasteiger partial charge in [-0.1, -0.05) is 20.8 Å². The molecule has 0 aliphatic carbocycles. The van der Waals surface area contributed by atoms with Crippen molar-refractivity contribution in [3.8, 4) is 16.9 Å². The lowest BCUT2D eigenvalue weighted by atomic mass is 9.83. The van der Waals surface area contributed by atoms with Crippen LogP contribution in [0.1, 0.15) is 37.6 Å². The Morgan fingerprint density at radius 1 is 1.11 bits per heavy atom. The number of H-pyrrole nitrogens is 1. The predicted octanol–water partition coefficient (Wildman–Crippen LogP) is 5.36. The van der Waals surface area contributed by atoms with E-state index in [-0.39, 0.29) is 11.3 Å². The first-order valence-corrected chi connectivity index (χ1v) is 12.6. The van der Waals surface area contributed by atoms with E-state index < -0.39 is 38.7 Å². The van der Waals surface area contributed by atoms with Crippen LogP contribution in [0, 0.1) is 5.82 Å². The van der Waals surface area contributed by atoms with Gasteiger partial charge in [-0.2, -0.15) is 13.2 Å². The van der Waals surface area contributed by atoms with Gasteiger partial charge in [-0.05, 0) is 53.5 Å². The number of sulfonamides is 1. The van der Waals surface area contributed by atoms with Gasteiger partial charge in [0.25, 0.3) is 5.56 Å². The van der Waals surface area contributed by atoms with Gasteiger partial charge in [0.2, 0.25) is 10.0 Å². The van der Waals surface area contributed by atoms with E-state index >= 15 is 0 Å². The molecule has 0 amide bonds. The van der Waals surface area contributed by atoms with Gasteiger partial charge in [0.1, 0.15) is 11.6 Å². The predicted molar refractivity (Wildman–Crippen MR) is 134 cm³/mol. The van der Waals surface area contributed by atoms with Gasteiger partial charge in [0, 0.05) is 22.9 Å². The van der Waals surface area contributed by atoms with E-state index in [1.165, 1.54) is 19.2 Å². The summed E-state index contributed by atoms with van der Waals surface area (Å²) in [7, 11) is -3.13. The summed E-state index contributed by atoms with van der Waals surface area (Å²) in [5.41, 5.74) is 1.30. The van der Waals surface area contributed by atoms with Crippen LogP contribution in [-0.2, 0) is 15.4 Å². The number of rotatable bonds is 7. The van der Waals surface area contributed by atoms with Crippen LogP contribution in [0.15, 0.2) is 47.5 Å². The largest absolute Gasteiger partial charge is 0.496 e. The van der Waals surface area contributed by atoms with Crippen molar-refractivity contribution in [2.45, 2.75) is 32.4 Å². The molecule has 0 aliphatic heterocycles. The average molecular weight is 540 g/mol. The number of aromatic amines is 1. The molecule has 7 nitrogen and oxygen atoms in total. The normalized spacial score (nSPS) is 12.6. The number of ether oxygens (including phenoxy) is 1. The third-order valence-electron chi connectivity index (χ3n) is 5.16. The van der Waals surface area contributed by atoms with Gasteiger partial charge in [0.05, 0.1) is 24.7 Å². The second kappa shape index (κ2) is 10.4. The molecular formula is C25H25F4N3O4S. The number of anilines is 1. The van der Waals surface area contributed by atoms with Crippen LogP contribution >= 0.6 is 0 Å². The van der Waals surface area contributed by atoms with E-state index in [1.54, 1.807) is 24.3 Å². The summed E-state index contributed by atoms with van der Waals surface area (Å²) in [6, 6.07) is 7.26. The highest BCUT2D eigenvalue weighted by atomic mass is 32.2. The molecular weight excluding hydrogens is 514 g/mol. The van der Waals surface area contributed by atoms with Crippen LogP contribution < -0.4 is 15.0 Å². The van der Waals surface area contributed by atoms with Crippen LogP contribution in [0.3, 0.4) is 0 Å².